The molecule has 1 aliphatic carbocycles. The molecule has 1 saturated carbocycles. The summed E-state index contributed by atoms with van der Waals surface area (Å²) in [6.45, 7) is 0. The summed E-state index contributed by atoms with van der Waals surface area (Å²) < 4.78 is 13.6. The van der Waals surface area contributed by atoms with Gasteiger partial charge < -0.3 is 0 Å². The first kappa shape index (κ1) is 11.4. The number of hydrogen-bond acceptors (Lipinski definition) is 4. The first-order valence-electron chi connectivity index (χ1n) is 5.27. The van der Waals surface area contributed by atoms with E-state index in [1.54, 1.807) is 13.3 Å². The Kier molecular flexibility index (Phi) is 3.14. The fourth-order valence-corrected chi connectivity index (χ4v) is 3.11. The van der Waals surface area contributed by atoms with E-state index in [0.29, 0.717) is 17.7 Å². The molecule has 16 heavy (non-hydrogen) atoms. The van der Waals surface area contributed by atoms with Crippen molar-refractivity contribution in [3.8, 4) is 0 Å². The molecule has 1 fully saturated rings. The maximum absolute atomic E-state index is 13.6. The van der Waals surface area contributed by atoms with Gasteiger partial charge in [0.25, 0.3) is 0 Å². The van der Waals surface area contributed by atoms with Crippen LogP contribution in [0.15, 0.2) is 10.5 Å². The van der Waals surface area contributed by atoms with E-state index >= 15 is 0 Å². The first-order chi connectivity index (χ1) is 7.70. The Balaban J connectivity index is 2.50. The van der Waals surface area contributed by atoms with Gasteiger partial charge in [-0.1, -0.05) is 6.42 Å². The van der Waals surface area contributed by atoms with Gasteiger partial charge in [-0.15, -0.1) is 11.3 Å². The van der Waals surface area contributed by atoms with Crippen molar-refractivity contribution >= 4 is 23.3 Å². The molecule has 0 aliphatic heterocycles. The molecule has 0 unspecified atom stereocenters. The molecule has 0 N–H and O–H groups in total. The van der Waals surface area contributed by atoms with Crippen LogP contribution in [-0.4, -0.2) is 24.0 Å². The van der Waals surface area contributed by atoms with Crippen molar-refractivity contribution in [3.63, 3.8) is 0 Å². The molecule has 1 atom stereocenters. The highest BCUT2D eigenvalue weighted by molar-refractivity contribution is 7.10. The van der Waals surface area contributed by atoms with E-state index in [-0.39, 0.29) is 5.78 Å². The van der Waals surface area contributed by atoms with Gasteiger partial charge in [-0.2, -0.15) is 4.39 Å². The number of nitrogens with zero attached hydrogens (tertiary/aromatic N) is 2. The smallest absolute Gasteiger partial charge is 0.228 e. The summed E-state index contributed by atoms with van der Waals surface area (Å²) in [4.78, 5) is 20.0. The normalized spacial score (nSPS) is 26.5. The zero-order valence-corrected chi connectivity index (χ0v) is 9.89. The van der Waals surface area contributed by atoms with Crippen LogP contribution in [0, 0.1) is 5.95 Å². The number of aromatic nitrogens is 1. The Labute approximate surface area is 97.4 Å². The van der Waals surface area contributed by atoms with Crippen molar-refractivity contribution in [3.05, 3.63) is 16.3 Å². The van der Waals surface area contributed by atoms with Crippen LogP contribution in [0.3, 0.4) is 0 Å². The maximum Gasteiger partial charge on any atom is 0.228 e. The van der Waals surface area contributed by atoms with Crippen LogP contribution in [0.1, 0.15) is 30.6 Å². The number of Topliss-reactive ketones (excluding diaryl/α,β-unsaturated/α-hetero) is 1. The Hall–Kier alpha value is -1.10. The summed E-state index contributed by atoms with van der Waals surface area (Å²) >= 11 is 1.20. The van der Waals surface area contributed by atoms with Crippen LogP contribution in [0.5, 0.6) is 0 Å². The molecule has 0 spiro atoms. The lowest BCUT2D eigenvalue weighted by Crippen LogP contribution is -2.40. The first-order valence-corrected chi connectivity index (χ1v) is 6.15. The van der Waals surface area contributed by atoms with Gasteiger partial charge in [-0.25, -0.2) is 4.98 Å². The Morgan fingerprint density at radius 1 is 1.62 bits per heavy atom. The van der Waals surface area contributed by atoms with E-state index in [0.717, 1.165) is 12.8 Å². The topological polar surface area (TPSA) is 42.3 Å². The summed E-state index contributed by atoms with van der Waals surface area (Å²) in [5.41, 5.74) is 0.593. The van der Waals surface area contributed by atoms with Crippen molar-refractivity contribution in [1.29, 1.82) is 0 Å². The monoisotopic (exact) mass is 240 g/mol. The van der Waals surface area contributed by atoms with Crippen molar-refractivity contribution in [2.24, 2.45) is 4.99 Å². The number of carbonyl (C=O) groups excluding carboxylic acids is 1. The third kappa shape index (κ3) is 1.69. The van der Waals surface area contributed by atoms with E-state index in [1.165, 1.54) is 16.8 Å². The van der Waals surface area contributed by atoms with Crippen LogP contribution in [0.2, 0.25) is 0 Å². The van der Waals surface area contributed by atoms with Crippen molar-refractivity contribution < 1.29 is 9.18 Å². The van der Waals surface area contributed by atoms with Gasteiger partial charge in [0.1, 0.15) is 11.2 Å². The molecular formula is C11H13FN2OS. The molecule has 86 valence electrons. The average molecular weight is 240 g/mol. The quantitative estimate of drug-likeness (QED) is 0.745. The fraction of sp³-hybridized carbons (Fsp3) is 0.545. The summed E-state index contributed by atoms with van der Waals surface area (Å²) in [7, 11) is 1.61. The number of hydrogen-bond donors (Lipinski definition) is 0. The molecule has 1 heterocycles. The molecule has 1 aromatic rings. The number of rotatable bonds is 2. The number of carbonyl (C=O) groups is 1. The van der Waals surface area contributed by atoms with Crippen LogP contribution >= 0.6 is 11.3 Å². The third-order valence-corrected chi connectivity index (χ3v) is 3.98. The lowest BCUT2D eigenvalue weighted by molar-refractivity contribution is -0.123. The number of aliphatic imine (C=N–C) groups is 1. The van der Waals surface area contributed by atoms with Crippen molar-refractivity contribution in [2.75, 3.05) is 7.05 Å². The highest BCUT2D eigenvalue weighted by Gasteiger charge is 2.43. The molecule has 3 nitrogen and oxygen atoms in total. The molecule has 0 amide bonds. The van der Waals surface area contributed by atoms with Gasteiger partial charge in [0.2, 0.25) is 5.95 Å². The van der Waals surface area contributed by atoms with Crippen LogP contribution in [-0.2, 0) is 10.2 Å². The molecule has 1 aromatic heterocycles. The molecule has 1 aliphatic rings. The summed E-state index contributed by atoms with van der Waals surface area (Å²) in [5, 5.41) is 0. The Morgan fingerprint density at radius 2 is 2.44 bits per heavy atom. The number of ketones is 1. The van der Waals surface area contributed by atoms with Crippen LogP contribution < -0.4 is 0 Å². The lowest BCUT2D eigenvalue weighted by atomic mass is 9.73. The number of thiazole rings is 1. The van der Waals surface area contributed by atoms with E-state index < -0.39 is 11.4 Å². The minimum Gasteiger partial charge on any atom is -0.299 e. The predicted octanol–water partition coefficient (Wildman–Crippen LogP) is 2.36. The van der Waals surface area contributed by atoms with Gasteiger partial charge >= 0.3 is 0 Å². The summed E-state index contributed by atoms with van der Waals surface area (Å²) in [6.07, 6.45) is 4.55. The molecular weight excluding hydrogens is 227 g/mol. The zero-order valence-electron chi connectivity index (χ0n) is 9.07. The second kappa shape index (κ2) is 4.41. The standard InChI is InChI=1S/C11H13FN2OS/c1-13-6-11(5-3-2-4-8(11)15)9-10(12)14-7-16-9/h6-7H,2-5H2,1H3/t11-/m1/s1. The molecule has 0 saturated heterocycles. The minimum absolute atomic E-state index is 0.0625. The van der Waals surface area contributed by atoms with Gasteiger partial charge in [0.15, 0.2) is 0 Å². The highest BCUT2D eigenvalue weighted by atomic mass is 32.1. The van der Waals surface area contributed by atoms with E-state index in [2.05, 4.69) is 9.98 Å². The van der Waals surface area contributed by atoms with E-state index in [4.69, 9.17) is 0 Å². The average Bonchev–Trinajstić information content (AvgIpc) is 2.69. The highest BCUT2D eigenvalue weighted by Crippen LogP contribution is 2.38. The second-order valence-corrected chi connectivity index (χ2v) is 4.82. The Morgan fingerprint density at radius 3 is 3.00 bits per heavy atom. The fourth-order valence-electron chi connectivity index (χ4n) is 2.23. The van der Waals surface area contributed by atoms with Crippen molar-refractivity contribution in [2.45, 2.75) is 31.1 Å². The third-order valence-electron chi connectivity index (χ3n) is 3.00. The Bertz CT molecular complexity index is 429. The maximum atomic E-state index is 13.6. The zero-order chi connectivity index (χ0) is 11.6. The largest absolute Gasteiger partial charge is 0.299 e. The van der Waals surface area contributed by atoms with Crippen molar-refractivity contribution in [1.82, 2.24) is 4.98 Å². The van der Waals surface area contributed by atoms with E-state index in [1.807, 2.05) is 0 Å². The molecule has 5 heteroatoms. The van der Waals surface area contributed by atoms with Gasteiger partial charge in [0, 0.05) is 19.7 Å². The van der Waals surface area contributed by atoms with Gasteiger partial charge in [-0.3, -0.25) is 9.79 Å². The van der Waals surface area contributed by atoms with Crippen LogP contribution in [0.4, 0.5) is 4.39 Å². The summed E-state index contributed by atoms with van der Waals surface area (Å²) in [5.74, 6) is -0.465. The van der Waals surface area contributed by atoms with Gasteiger partial charge in [0.05, 0.1) is 10.4 Å². The molecule has 0 radical (unpaired) electrons. The molecule has 2 rings (SSSR count). The number of halogens is 1. The SMILES string of the molecule is CN=C[C@]1(c2scnc2F)CCCCC1=O. The van der Waals surface area contributed by atoms with Crippen LogP contribution in [0.25, 0.3) is 0 Å². The molecule has 0 aromatic carbocycles. The molecule has 0 bridgehead atoms. The lowest BCUT2D eigenvalue weighted by Gasteiger charge is -2.30. The predicted molar refractivity (Wildman–Crippen MR) is 61.6 cm³/mol. The minimum atomic E-state index is -0.849. The second-order valence-electron chi connectivity index (χ2n) is 3.96. The summed E-state index contributed by atoms with van der Waals surface area (Å²) in [6, 6.07) is 0. The van der Waals surface area contributed by atoms with E-state index in [9.17, 15) is 9.18 Å². The van der Waals surface area contributed by atoms with Gasteiger partial charge in [-0.05, 0) is 12.8 Å².